The number of benzene rings is 2. The Morgan fingerprint density at radius 2 is 1.68 bits per heavy atom. The molecule has 17 heteroatoms. The molecule has 0 spiro atoms. The summed E-state index contributed by atoms with van der Waals surface area (Å²) in [7, 11) is 2.89. The van der Waals surface area contributed by atoms with E-state index in [2.05, 4.69) is 25.5 Å². The highest BCUT2D eigenvalue weighted by Crippen LogP contribution is 2.34. The minimum absolute atomic E-state index is 0.0273. The van der Waals surface area contributed by atoms with Crippen molar-refractivity contribution >= 4 is 34.1 Å². The molecule has 0 amide bonds. The predicted octanol–water partition coefficient (Wildman–Crippen LogP) is 3.27. The average Bonchev–Trinajstić information content (AvgIpc) is 3.43. The van der Waals surface area contributed by atoms with Crippen molar-refractivity contribution in [3.05, 3.63) is 91.1 Å². The third-order valence-corrected chi connectivity index (χ3v) is 6.25. The normalized spacial score (nSPS) is 11.6. The van der Waals surface area contributed by atoms with Crippen molar-refractivity contribution in [2.45, 2.75) is 19.5 Å². The molecule has 208 valence electrons. The standard InChI is InChI=1S/C23H17ClF5N9O2/c1-35-9-30-18(34-35)8-38-22(39)32-21(37(23(38)40)7-10-3-14(26)15(27)6-13(10)25)31-17-4-11-16(5-12(17)24)33-36(2)19(11)20(28)29/h3-6,9,20H,7-8H2,1-2H3,(H,31,32,39). The highest BCUT2D eigenvalue weighted by atomic mass is 35.5. The van der Waals surface area contributed by atoms with Crippen LogP contribution in [-0.4, -0.2) is 38.7 Å². The minimum Gasteiger partial charge on any atom is -0.324 e. The smallest absolute Gasteiger partial charge is 0.324 e. The summed E-state index contributed by atoms with van der Waals surface area (Å²) in [6, 6.07) is 3.38. The highest BCUT2D eigenvalue weighted by Gasteiger charge is 2.22. The Hall–Kier alpha value is -4.60. The summed E-state index contributed by atoms with van der Waals surface area (Å²) in [4.78, 5) is 34.2. The fourth-order valence-electron chi connectivity index (χ4n) is 4.07. The van der Waals surface area contributed by atoms with Crippen LogP contribution in [0, 0.1) is 17.5 Å². The van der Waals surface area contributed by atoms with Crippen LogP contribution >= 0.6 is 11.6 Å². The Bertz CT molecular complexity index is 1900. The van der Waals surface area contributed by atoms with E-state index in [9.17, 15) is 31.5 Å². The van der Waals surface area contributed by atoms with Crippen LogP contribution in [0.5, 0.6) is 0 Å². The zero-order valence-corrected chi connectivity index (χ0v) is 21.3. The van der Waals surface area contributed by atoms with E-state index in [1.54, 1.807) is 7.05 Å². The first-order valence-electron chi connectivity index (χ1n) is 11.3. The van der Waals surface area contributed by atoms with Crippen LogP contribution in [0.2, 0.25) is 5.02 Å². The van der Waals surface area contributed by atoms with Crippen molar-refractivity contribution in [2.24, 2.45) is 14.1 Å². The second kappa shape index (κ2) is 10.2. The van der Waals surface area contributed by atoms with Crippen LogP contribution in [0.4, 0.5) is 33.6 Å². The fraction of sp³-hybridized carbons (Fsp3) is 0.217. The number of hydrogen-bond donors (Lipinski definition) is 1. The van der Waals surface area contributed by atoms with Gasteiger partial charge in [0.05, 0.1) is 29.3 Å². The van der Waals surface area contributed by atoms with Crippen LogP contribution in [0.15, 0.2) is 40.2 Å². The molecule has 0 radical (unpaired) electrons. The average molecular weight is 582 g/mol. The number of halogens is 6. The number of nitrogens with one attached hydrogen (secondary N) is 1. The molecule has 40 heavy (non-hydrogen) atoms. The number of alkyl halides is 2. The lowest BCUT2D eigenvalue weighted by molar-refractivity contribution is 0.142. The van der Waals surface area contributed by atoms with Gasteiger partial charge in [-0.2, -0.15) is 15.2 Å². The van der Waals surface area contributed by atoms with Crippen molar-refractivity contribution < 1.29 is 22.0 Å². The summed E-state index contributed by atoms with van der Waals surface area (Å²) in [5.74, 6) is -4.38. The number of aromatic nitrogens is 8. The maximum absolute atomic E-state index is 14.5. The van der Waals surface area contributed by atoms with Gasteiger partial charge >= 0.3 is 11.4 Å². The number of rotatable bonds is 7. The molecule has 3 aromatic heterocycles. The quantitative estimate of drug-likeness (QED) is 0.232. The number of hydrogen-bond acceptors (Lipinski definition) is 7. The Kier molecular flexibility index (Phi) is 6.87. The van der Waals surface area contributed by atoms with Gasteiger partial charge in [0, 0.05) is 31.1 Å². The minimum atomic E-state index is -2.89. The molecule has 0 bridgehead atoms. The van der Waals surface area contributed by atoms with Crippen LogP contribution in [0.25, 0.3) is 10.9 Å². The monoisotopic (exact) mass is 581 g/mol. The number of aryl methyl sites for hydroxylation is 2. The first-order chi connectivity index (χ1) is 18.9. The van der Waals surface area contributed by atoms with Gasteiger partial charge in [0.2, 0.25) is 5.95 Å². The molecular weight excluding hydrogens is 565 g/mol. The van der Waals surface area contributed by atoms with E-state index < -0.39 is 65.6 Å². The van der Waals surface area contributed by atoms with E-state index in [0.717, 1.165) is 9.25 Å². The summed E-state index contributed by atoms with van der Waals surface area (Å²) < 4.78 is 73.1. The van der Waals surface area contributed by atoms with Gasteiger partial charge in [-0.25, -0.2) is 41.1 Å². The summed E-state index contributed by atoms with van der Waals surface area (Å²) in [6.07, 6.45) is -1.55. The molecule has 0 fully saturated rings. The molecule has 0 aliphatic heterocycles. The van der Waals surface area contributed by atoms with E-state index >= 15 is 0 Å². The van der Waals surface area contributed by atoms with Crippen LogP contribution in [-0.2, 0) is 27.2 Å². The molecule has 5 aromatic rings. The third-order valence-electron chi connectivity index (χ3n) is 5.94. The van der Waals surface area contributed by atoms with Gasteiger partial charge < -0.3 is 5.32 Å². The Morgan fingerprint density at radius 3 is 2.35 bits per heavy atom. The summed E-state index contributed by atoms with van der Waals surface area (Å²) >= 11 is 6.32. The maximum atomic E-state index is 14.5. The largest absolute Gasteiger partial charge is 0.355 e. The molecular formula is C23H17ClF5N9O2. The molecule has 0 atom stereocenters. The van der Waals surface area contributed by atoms with E-state index in [1.165, 1.54) is 30.2 Å². The fourth-order valence-corrected chi connectivity index (χ4v) is 4.28. The number of nitrogens with zero attached hydrogens (tertiary/aromatic N) is 8. The zero-order chi connectivity index (χ0) is 28.9. The molecule has 0 aliphatic rings. The first-order valence-corrected chi connectivity index (χ1v) is 11.7. The Balaban J connectivity index is 1.66. The lowest BCUT2D eigenvalue weighted by Crippen LogP contribution is -2.43. The van der Waals surface area contributed by atoms with E-state index in [1.807, 2.05) is 0 Å². The van der Waals surface area contributed by atoms with E-state index in [4.69, 9.17) is 11.6 Å². The second-order valence-electron chi connectivity index (χ2n) is 8.65. The summed E-state index contributed by atoms with van der Waals surface area (Å²) in [5, 5.41) is 10.7. The molecule has 1 N–H and O–H groups in total. The summed E-state index contributed by atoms with van der Waals surface area (Å²) in [5.41, 5.74) is -2.84. The predicted molar refractivity (Wildman–Crippen MR) is 132 cm³/mol. The lowest BCUT2D eigenvalue weighted by Gasteiger charge is -2.16. The number of anilines is 2. The molecule has 0 saturated carbocycles. The topological polar surface area (TPSA) is 117 Å². The molecule has 11 nitrogen and oxygen atoms in total. The van der Waals surface area contributed by atoms with Gasteiger partial charge in [-0.1, -0.05) is 11.6 Å². The van der Waals surface area contributed by atoms with E-state index in [0.29, 0.717) is 16.7 Å². The SMILES string of the molecule is Cn1cnc(Cn2c(=O)nc(Nc3cc4c(C(F)F)n(C)nc4cc3Cl)n(Cc3cc(F)c(F)cc3F)c2=O)n1. The Morgan fingerprint density at radius 1 is 0.950 bits per heavy atom. The second-order valence-corrected chi connectivity index (χ2v) is 9.06. The highest BCUT2D eigenvalue weighted by molar-refractivity contribution is 6.34. The van der Waals surface area contributed by atoms with Crippen LogP contribution in [0.1, 0.15) is 23.5 Å². The molecule has 0 aliphatic carbocycles. The molecule has 0 unspecified atom stereocenters. The molecule has 3 heterocycles. The van der Waals surface area contributed by atoms with Crippen molar-refractivity contribution in [1.82, 2.24) is 38.7 Å². The van der Waals surface area contributed by atoms with Gasteiger partial charge in [-0.15, -0.1) is 0 Å². The van der Waals surface area contributed by atoms with Crippen LogP contribution in [0.3, 0.4) is 0 Å². The van der Waals surface area contributed by atoms with Crippen molar-refractivity contribution in [1.29, 1.82) is 0 Å². The van der Waals surface area contributed by atoms with Gasteiger partial charge in [-0.3, -0.25) is 13.9 Å². The van der Waals surface area contributed by atoms with Gasteiger partial charge in [0.1, 0.15) is 17.8 Å². The summed E-state index contributed by atoms with van der Waals surface area (Å²) in [6.45, 7) is -1.12. The zero-order valence-electron chi connectivity index (χ0n) is 20.5. The molecule has 0 saturated heterocycles. The van der Waals surface area contributed by atoms with Crippen molar-refractivity contribution in [3.63, 3.8) is 0 Å². The van der Waals surface area contributed by atoms with Crippen molar-refractivity contribution in [3.8, 4) is 0 Å². The van der Waals surface area contributed by atoms with Gasteiger partial charge in [0.25, 0.3) is 6.43 Å². The third kappa shape index (κ3) is 4.92. The molecule has 2 aromatic carbocycles. The van der Waals surface area contributed by atoms with Gasteiger partial charge in [-0.05, 0) is 18.2 Å². The van der Waals surface area contributed by atoms with Gasteiger partial charge in [0.15, 0.2) is 17.5 Å². The van der Waals surface area contributed by atoms with Crippen molar-refractivity contribution in [2.75, 3.05) is 5.32 Å². The van der Waals surface area contributed by atoms with Crippen LogP contribution < -0.4 is 16.7 Å². The number of fused-ring (bicyclic) bond motifs is 1. The van der Waals surface area contributed by atoms with E-state index in [-0.39, 0.29) is 27.4 Å². The molecule has 5 rings (SSSR count). The Labute approximate surface area is 225 Å². The maximum Gasteiger partial charge on any atom is 0.355 e. The first kappa shape index (κ1) is 27.0. The lowest BCUT2D eigenvalue weighted by atomic mass is 10.2.